The predicted molar refractivity (Wildman–Crippen MR) is 67.3 cm³/mol. The molecule has 3 nitrogen and oxygen atoms in total. The Bertz CT molecular complexity index is 370. The van der Waals surface area contributed by atoms with Crippen LogP contribution in [0.4, 0.5) is 0 Å². The molecule has 1 aliphatic heterocycles. The van der Waals surface area contributed by atoms with Crippen LogP contribution in [0.15, 0.2) is 18.2 Å². The van der Waals surface area contributed by atoms with E-state index in [0.29, 0.717) is 10.6 Å². The lowest BCUT2D eigenvalue weighted by molar-refractivity contribution is 0.390. The van der Waals surface area contributed by atoms with E-state index in [0.717, 1.165) is 18.0 Å². The highest BCUT2D eigenvalue weighted by Gasteiger charge is 2.25. The zero-order chi connectivity index (χ0) is 11.5. The lowest BCUT2D eigenvalue weighted by Gasteiger charge is -2.15. The third-order valence-electron chi connectivity index (χ3n) is 2.68. The summed E-state index contributed by atoms with van der Waals surface area (Å²) in [5.41, 5.74) is 1.19. The first-order valence-electron chi connectivity index (χ1n) is 5.35. The number of methoxy groups -OCH3 is 2. The first kappa shape index (κ1) is 11.6. The second-order valence-corrected chi connectivity index (χ2v) is 5.39. The minimum absolute atomic E-state index is 0.329. The van der Waals surface area contributed by atoms with Gasteiger partial charge < -0.3 is 14.8 Å². The van der Waals surface area contributed by atoms with Crippen LogP contribution in [0.1, 0.15) is 17.9 Å². The van der Waals surface area contributed by atoms with Crippen molar-refractivity contribution in [1.82, 2.24) is 5.32 Å². The smallest absolute Gasteiger partial charge is 0.128 e. The van der Waals surface area contributed by atoms with E-state index in [-0.39, 0.29) is 0 Å². The monoisotopic (exact) mass is 239 g/mol. The minimum Gasteiger partial charge on any atom is -0.497 e. The Balaban J connectivity index is 2.26. The molecule has 1 aromatic carbocycles. The van der Waals surface area contributed by atoms with Crippen LogP contribution in [0.5, 0.6) is 11.5 Å². The van der Waals surface area contributed by atoms with Crippen molar-refractivity contribution in [3.63, 3.8) is 0 Å². The van der Waals surface area contributed by atoms with Gasteiger partial charge in [-0.15, -0.1) is 11.8 Å². The van der Waals surface area contributed by atoms with Crippen LogP contribution in [0, 0.1) is 0 Å². The minimum atomic E-state index is 0.329. The maximum atomic E-state index is 5.40. The van der Waals surface area contributed by atoms with Gasteiger partial charge in [0, 0.05) is 23.4 Å². The van der Waals surface area contributed by atoms with Crippen LogP contribution >= 0.6 is 11.8 Å². The molecule has 0 aliphatic carbocycles. The zero-order valence-electron chi connectivity index (χ0n) is 9.82. The first-order chi connectivity index (χ1) is 7.74. The van der Waals surface area contributed by atoms with Gasteiger partial charge in [0.1, 0.15) is 11.5 Å². The molecular weight excluding hydrogens is 222 g/mol. The first-order valence-corrected chi connectivity index (χ1v) is 6.29. The SMILES string of the molecule is COc1ccc(C2NCC(C)S2)c(OC)c1. The number of ether oxygens (including phenoxy) is 2. The summed E-state index contributed by atoms with van der Waals surface area (Å²) in [6, 6.07) is 5.98. The molecule has 16 heavy (non-hydrogen) atoms. The fourth-order valence-corrected chi connectivity index (χ4v) is 3.01. The molecule has 0 spiro atoms. The highest BCUT2D eigenvalue weighted by molar-refractivity contribution is 8.00. The summed E-state index contributed by atoms with van der Waals surface area (Å²) in [6.45, 7) is 3.28. The van der Waals surface area contributed by atoms with Crippen molar-refractivity contribution >= 4 is 11.8 Å². The molecule has 1 saturated heterocycles. The Morgan fingerprint density at radius 3 is 2.69 bits per heavy atom. The van der Waals surface area contributed by atoms with Gasteiger partial charge in [-0.2, -0.15) is 0 Å². The van der Waals surface area contributed by atoms with E-state index in [9.17, 15) is 0 Å². The Morgan fingerprint density at radius 1 is 1.31 bits per heavy atom. The maximum absolute atomic E-state index is 5.40. The molecule has 1 aliphatic rings. The number of rotatable bonds is 3. The van der Waals surface area contributed by atoms with E-state index in [1.807, 2.05) is 23.9 Å². The van der Waals surface area contributed by atoms with E-state index < -0.39 is 0 Å². The Hall–Kier alpha value is -0.870. The van der Waals surface area contributed by atoms with Gasteiger partial charge in [0.25, 0.3) is 0 Å². The fourth-order valence-electron chi connectivity index (χ4n) is 1.82. The van der Waals surface area contributed by atoms with Crippen molar-refractivity contribution < 1.29 is 9.47 Å². The molecule has 1 heterocycles. The number of hydrogen-bond acceptors (Lipinski definition) is 4. The number of hydrogen-bond donors (Lipinski definition) is 1. The van der Waals surface area contributed by atoms with E-state index >= 15 is 0 Å². The molecule has 88 valence electrons. The average molecular weight is 239 g/mol. The maximum Gasteiger partial charge on any atom is 0.128 e. The van der Waals surface area contributed by atoms with Crippen LogP contribution in [0.3, 0.4) is 0 Å². The van der Waals surface area contributed by atoms with Crippen molar-refractivity contribution in [2.45, 2.75) is 17.5 Å². The van der Waals surface area contributed by atoms with Crippen molar-refractivity contribution in [1.29, 1.82) is 0 Å². The predicted octanol–water partition coefficient (Wildman–Crippen LogP) is 2.43. The molecule has 1 aromatic rings. The molecule has 2 atom stereocenters. The van der Waals surface area contributed by atoms with Gasteiger partial charge >= 0.3 is 0 Å². The number of thioether (sulfide) groups is 1. The Kier molecular flexibility index (Phi) is 3.61. The van der Waals surface area contributed by atoms with Gasteiger partial charge in [-0.3, -0.25) is 0 Å². The van der Waals surface area contributed by atoms with Gasteiger partial charge in [-0.1, -0.05) is 6.92 Å². The molecule has 2 rings (SSSR count). The number of nitrogens with one attached hydrogen (secondary N) is 1. The summed E-state index contributed by atoms with van der Waals surface area (Å²) in [5.74, 6) is 1.72. The van der Waals surface area contributed by atoms with Crippen molar-refractivity contribution in [3.05, 3.63) is 23.8 Å². The van der Waals surface area contributed by atoms with Crippen LogP contribution in [-0.4, -0.2) is 26.0 Å². The molecule has 4 heteroatoms. The summed E-state index contributed by atoms with van der Waals surface area (Å²) < 4.78 is 10.6. The number of benzene rings is 1. The lowest BCUT2D eigenvalue weighted by atomic mass is 10.2. The molecule has 0 radical (unpaired) electrons. The highest BCUT2D eigenvalue weighted by atomic mass is 32.2. The molecule has 0 amide bonds. The normalized spacial score (nSPS) is 24.4. The quantitative estimate of drug-likeness (QED) is 0.877. The molecule has 1 N–H and O–H groups in total. The van der Waals surface area contributed by atoms with E-state index in [4.69, 9.17) is 9.47 Å². The highest BCUT2D eigenvalue weighted by Crippen LogP contribution is 2.40. The molecule has 0 saturated carbocycles. The van der Waals surface area contributed by atoms with E-state index in [1.165, 1.54) is 5.56 Å². The summed E-state index contributed by atoms with van der Waals surface area (Å²) >= 11 is 1.93. The average Bonchev–Trinajstić information content (AvgIpc) is 2.74. The van der Waals surface area contributed by atoms with Crippen LogP contribution in [0.25, 0.3) is 0 Å². The third-order valence-corrected chi connectivity index (χ3v) is 4.01. The van der Waals surface area contributed by atoms with Crippen LogP contribution < -0.4 is 14.8 Å². The molecule has 1 fully saturated rings. The van der Waals surface area contributed by atoms with E-state index in [2.05, 4.69) is 18.3 Å². The largest absolute Gasteiger partial charge is 0.497 e. The van der Waals surface area contributed by atoms with Gasteiger partial charge in [0.05, 0.1) is 19.6 Å². The van der Waals surface area contributed by atoms with Crippen molar-refractivity contribution in [3.8, 4) is 11.5 Å². The fraction of sp³-hybridized carbons (Fsp3) is 0.500. The Morgan fingerprint density at radius 2 is 2.12 bits per heavy atom. The Labute approximate surface area is 101 Å². The summed E-state index contributed by atoms with van der Waals surface area (Å²) in [4.78, 5) is 0. The van der Waals surface area contributed by atoms with Crippen LogP contribution in [-0.2, 0) is 0 Å². The van der Waals surface area contributed by atoms with Gasteiger partial charge in [0.15, 0.2) is 0 Å². The molecule has 2 unspecified atom stereocenters. The molecular formula is C12H17NO2S. The van der Waals surface area contributed by atoms with Crippen LogP contribution in [0.2, 0.25) is 0 Å². The standard InChI is InChI=1S/C12H17NO2S/c1-8-7-13-12(16-8)10-5-4-9(14-2)6-11(10)15-3/h4-6,8,12-13H,7H2,1-3H3. The molecule has 0 aromatic heterocycles. The summed E-state index contributed by atoms with van der Waals surface area (Å²) in [6.07, 6.45) is 0. The second kappa shape index (κ2) is 4.97. The summed E-state index contributed by atoms with van der Waals surface area (Å²) in [5, 5.41) is 4.46. The summed E-state index contributed by atoms with van der Waals surface area (Å²) in [7, 11) is 3.36. The molecule has 0 bridgehead atoms. The lowest BCUT2D eigenvalue weighted by Crippen LogP contribution is -2.14. The van der Waals surface area contributed by atoms with Crippen molar-refractivity contribution in [2.75, 3.05) is 20.8 Å². The van der Waals surface area contributed by atoms with Gasteiger partial charge in [0.2, 0.25) is 0 Å². The zero-order valence-corrected chi connectivity index (χ0v) is 10.6. The van der Waals surface area contributed by atoms with E-state index in [1.54, 1.807) is 14.2 Å². The third kappa shape index (κ3) is 2.28. The van der Waals surface area contributed by atoms with Crippen molar-refractivity contribution in [2.24, 2.45) is 0 Å². The van der Waals surface area contributed by atoms with Gasteiger partial charge in [-0.05, 0) is 12.1 Å². The van der Waals surface area contributed by atoms with Gasteiger partial charge in [-0.25, -0.2) is 0 Å². The second-order valence-electron chi connectivity index (χ2n) is 3.84. The topological polar surface area (TPSA) is 30.5 Å².